The third kappa shape index (κ3) is 6.98. The Morgan fingerprint density at radius 2 is 1.57 bits per heavy atom. The van der Waals surface area contributed by atoms with Crippen LogP contribution < -0.4 is 10.1 Å². The van der Waals surface area contributed by atoms with Gasteiger partial charge in [0.2, 0.25) is 5.90 Å². The summed E-state index contributed by atoms with van der Waals surface area (Å²) >= 11 is 0. The first-order chi connectivity index (χ1) is 13.8. The van der Waals surface area contributed by atoms with Crippen molar-refractivity contribution in [3.63, 3.8) is 0 Å². The first-order valence-corrected chi connectivity index (χ1v) is 8.44. The highest BCUT2D eigenvalue weighted by atomic mass is 19.4. The van der Waals surface area contributed by atoms with Crippen molar-refractivity contribution in [2.45, 2.75) is 32.5 Å². The quantitative estimate of drug-likeness (QED) is 0.364. The Labute approximate surface area is 167 Å². The fraction of sp³-hybridized carbons (Fsp3) is 0.263. The third-order valence-corrected chi connectivity index (χ3v) is 3.35. The van der Waals surface area contributed by atoms with Crippen molar-refractivity contribution < 1.29 is 40.6 Å². The molecule has 0 spiro atoms. The molecule has 2 amide bonds. The molecule has 0 saturated carbocycles. The van der Waals surface area contributed by atoms with Crippen LogP contribution in [0.2, 0.25) is 0 Å². The molecule has 0 aliphatic heterocycles. The molecule has 1 N–H and O–H groups in total. The SMILES string of the molecule is CC(C)O/C(=N\C(=O)Nc1ccc(OC(F)(F)F)cc1)c1ccccc1C(F)(F)F. The number of aliphatic imine (C=N–C) groups is 1. The molecule has 5 nitrogen and oxygen atoms in total. The van der Waals surface area contributed by atoms with E-state index in [9.17, 15) is 31.1 Å². The molecule has 0 radical (unpaired) electrons. The Kier molecular flexibility index (Phi) is 6.96. The first kappa shape index (κ1) is 23.0. The molecule has 30 heavy (non-hydrogen) atoms. The van der Waals surface area contributed by atoms with Crippen LogP contribution in [-0.4, -0.2) is 24.4 Å². The van der Waals surface area contributed by atoms with Crippen molar-refractivity contribution in [1.29, 1.82) is 0 Å². The zero-order valence-electron chi connectivity index (χ0n) is 15.6. The van der Waals surface area contributed by atoms with Crippen molar-refractivity contribution >= 4 is 17.6 Å². The summed E-state index contributed by atoms with van der Waals surface area (Å²) < 4.78 is 85.4. The van der Waals surface area contributed by atoms with E-state index in [1.54, 1.807) is 13.8 Å². The van der Waals surface area contributed by atoms with Crippen LogP contribution in [0.25, 0.3) is 0 Å². The van der Waals surface area contributed by atoms with Gasteiger partial charge in [-0.2, -0.15) is 18.2 Å². The first-order valence-electron chi connectivity index (χ1n) is 8.44. The fourth-order valence-electron chi connectivity index (χ4n) is 2.27. The van der Waals surface area contributed by atoms with Crippen LogP contribution >= 0.6 is 0 Å². The Morgan fingerprint density at radius 1 is 0.967 bits per heavy atom. The standard InChI is InChI=1S/C19H16F6N2O3/c1-11(2)29-16(14-5-3-4-6-15(14)18(20,21)22)27-17(28)26-12-7-9-13(10-8-12)30-19(23,24)25/h3-11H,1-2H3,(H,26,28)/b27-16-. The van der Waals surface area contributed by atoms with Crippen LogP contribution in [0.1, 0.15) is 25.0 Å². The summed E-state index contributed by atoms with van der Waals surface area (Å²) in [6.45, 7) is 3.09. The number of nitrogens with zero attached hydrogens (tertiary/aromatic N) is 1. The molecule has 2 rings (SSSR count). The number of ether oxygens (including phenoxy) is 2. The maximum Gasteiger partial charge on any atom is 0.573 e. The van der Waals surface area contributed by atoms with E-state index in [0.29, 0.717) is 0 Å². The normalized spacial score (nSPS) is 12.6. The van der Waals surface area contributed by atoms with Crippen molar-refractivity contribution in [3.8, 4) is 5.75 Å². The summed E-state index contributed by atoms with van der Waals surface area (Å²) in [5, 5.41) is 2.24. The number of carbonyl (C=O) groups is 1. The summed E-state index contributed by atoms with van der Waals surface area (Å²) in [5.41, 5.74) is -1.42. The average molecular weight is 434 g/mol. The largest absolute Gasteiger partial charge is 0.573 e. The molecule has 0 atom stereocenters. The molecule has 0 bridgehead atoms. The molecule has 11 heteroatoms. The molecule has 0 unspecified atom stereocenters. The Balaban J connectivity index is 2.27. The van der Waals surface area contributed by atoms with Crippen molar-refractivity contribution in [3.05, 3.63) is 59.7 Å². The molecular weight excluding hydrogens is 418 g/mol. The number of urea groups is 1. The van der Waals surface area contributed by atoms with Crippen LogP contribution in [0.4, 0.5) is 36.8 Å². The lowest BCUT2D eigenvalue weighted by Gasteiger charge is -2.17. The molecule has 162 valence electrons. The number of amides is 2. The molecule has 2 aromatic rings. The van der Waals surface area contributed by atoms with E-state index in [2.05, 4.69) is 15.0 Å². The molecular formula is C19H16F6N2O3. The van der Waals surface area contributed by atoms with E-state index in [1.807, 2.05) is 0 Å². The van der Waals surface area contributed by atoms with E-state index in [1.165, 1.54) is 12.1 Å². The second-order valence-corrected chi connectivity index (χ2v) is 6.13. The number of anilines is 1. The topological polar surface area (TPSA) is 59.9 Å². The summed E-state index contributed by atoms with van der Waals surface area (Å²) in [4.78, 5) is 15.8. The second-order valence-electron chi connectivity index (χ2n) is 6.13. The smallest absolute Gasteiger partial charge is 0.474 e. The minimum Gasteiger partial charge on any atom is -0.474 e. The molecule has 0 heterocycles. The second kappa shape index (κ2) is 9.06. The van der Waals surface area contributed by atoms with E-state index >= 15 is 0 Å². The van der Waals surface area contributed by atoms with Crippen LogP contribution in [0.5, 0.6) is 5.75 Å². The van der Waals surface area contributed by atoms with Gasteiger partial charge in [0, 0.05) is 11.3 Å². The van der Waals surface area contributed by atoms with Gasteiger partial charge in [0.25, 0.3) is 0 Å². The summed E-state index contributed by atoms with van der Waals surface area (Å²) in [5.74, 6) is -1.06. The lowest BCUT2D eigenvalue weighted by Crippen LogP contribution is -2.21. The van der Waals surface area contributed by atoms with Crippen LogP contribution in [0, 0.1) is 0 Å². The fourth-order valence-corrected chi connectivity index (χ4v) is 2.27. The van der Waals surface area contributed by atoms with Crippen LogP contribution in [0.15, 0.2) is 53.5 Å². The summed E-state index contributed by atoms with van der Waals surface area (Å²) in [7, 11) is 0. The van der Waals surface area contributed by atoms with Gasteiger partial charge in [0.1, 0.15) is 5.75 Å². The molecule has 0 aromatic heterocycles. The maximum atomic E-state index is 13.3. The van der Waals surface area contributed by atoms with E-state index < -0.39 is 47.4 Å². The number of nitrogens with one attached hydrogen (secondary N) is 1. The van der Waals surface area contributed by atoms with Gasteiger partial charge in [0.15, 0.2) is 0 Å². The molecule has 2 aromatic carbocycles. The number of hydrogen-bond acceptors (Lipinski definition) is 3. The highest BCUT2D eigenvalue weighted by Gasteiger charge is 2.35. The van der Waals surface area contributed by atoms with Gasteiger partial charge in [-0.15, -0.1) is 13.2 Å². The predicted molar refractivity (Wildman–Crippen MR) is 96.3 cm³/mol. The number of hydrogen-bond donors (Lipinski definition) is 1. The Bertz CT molecular complexity index is 906. The van der Waals surface area contributed by atoms with Gasteiger partial charge in [-0.05, 0) is 50.2 Å². The number of benzene rings is 2. The lowest BCUT2D eigenvalue weighted by molar-refractivity contribution is -0.274. The van der Waals surface area contributed by atoms with Crippen LogP contribution in [-0.2, 0) is 10.9 Å². The van der Waals surface area contributed by atoms with Crippen molar-refractivity contribution in [2.75, 3.05) is 5.32 Å². The van der Waals surface area contributed by atoms with Gasteiger partial charge >= 0.3 is 18.6 Å². The predicted octanol–water partition coefficient (Wildman–Crippen LogP) is 6.01. The van der Waals surface area contributed by atoms with Gasteiger partial charge < -0.3 is 14.8 Å². The van der Waals surface area contributed by atoms with Gasteiger partial charge in [-0.3, -0.25) is 0 Å². The minimum atomic E-state index is -4.87. The number of rotatable bonds is 4. The number of carbonyl (C=O) groups excluding carboxylic acids is 1. The lowest BCUT2D eigenvalue weighted by atomic mass is 10.1. The summed E-state index contributed by atoms with van der Waals surface area (Å²) in [6.07, 6.45) is -10.2. The van der Waals surface area contributed by atoms with Gasteiger partial charge in [-0.25, -0.2) is 4.79 Å². The zero-order valence-corrected chi connectivity index (χ0v) is 15.6. The monoisotopic (exact) mass is 434 g/mol. The van der Waals surface area contributed by atoms with Crippen molar-refractivity contribution in [2.24, 2.45) is 4.99 Å². The van der Waals surface area contributed by atoms with E-state index in [4.69, 9.17) is 4.74 Å². The minimum absolute atomic E-state index is 0.0475. The number of alkyl halides is 6. The maximum absolute atomic E-state index is 13.3. The van der Waals surface area contributed by atoms with Crippen LogP contribution in [0.3, 0.4) is 0 Å². The summed E-state index contributed by atoms with van der Waals surface area (Å²) in [6, 6.07) is 7.51. The highest BCUT2D eigenvalue weighted by molar-refractivity contribution is 6.05. The van der Waals surface area contributed by atoms with Gasteiger partial charge in [0.05, 0.1) is 11.7 Å². The molecule has 0 fully saturated rings. The molecule has 0 aliphatic carbocycles. The number of halogens is 6. The van der Waals surface area contributed by atoms with E-state index in [-0.39, 0.29) is 5.69 Å². The molecule has 0 aliphatic rings. The van der Waals surface area contributed by atoms with Gasteiger partial charge in [-0.1, -0.05) is 12.1 Å². The Morgan fingerprint density at radius 3 is 2.10 bits per heavy atom. The zero-order chi connectivity index (χ0) is 22.5. The average Bonchev–Trinajstić information content (AvgIpc) is 2.60. The van der Waals surface area contributed by atoms with E-state index in [0.717, 1.165) is 36.4 Å². The highest BCUT2D eigenvalue weighted by Crippen LogP contribution is 2.32. The Hall–Kier alpha value is -3.24. The van der Waals surface area contributed by atoms with Crippen molar-refractivity contribution in [1.82, 2.24) is 0 Å². The molecule has 0 saturated heterocycles. The third-order valence-electron chi connectivity index (χ3n) is 3.35.